The van der Waals surface area contributed by atoms with Gasteiger partial charge in [0.05, 0.1) is 0 Å². The Balaban J connectivity index is 0.000000640. The van der Waals surface area contributed by atoms with Gasteiger partial charge in [0.15, 0.2) is 8.32 Å². The van der Waals surface area contributed by atoms with Crippen LogP contribution >= 0.6 is 0 Å². The molecule has 1 aliphatic rings. The summed E-state index contributed by atoms with van der Waals surface area (Å²) < 4.78 is 5.60. The monoisotopic (exact) mass is 153 g/mol. The second-order valence-corrected chi connectivity index (χ2v) is 7.37. The van der Waals surface area contributed by atoms with Crippen LogP contribution in [0.3, 0.4) is 0 Å². The summed E-state index contributed by atoms with van der Waals surface area (Å²) in [6.45, 7) is 5.62. The molecule has 0 saturated carbocycles. The molecule has 0 aromatic carbocycles. The van der Waals surface area contributed by atoms with Gasteiger partial charge >= 0.3 is 29.6 Å². The van der Waals surface area contributed by atoms with Gasteiger partial charge in [0.1, 0.15) is 0 Å². The van der Waals surface area contributed by atoms with Crippen molar-refractivity contribution in [1.29, 1.82) is 0 Å². The SMILES string of the molecule is C[Si]1(C)CCCCO1.[Na+]. The molecule has 1 aliphatic heterocycles. The van der Waals surface area contributed by atoms with Crippen molar-refractivity contribution in [1.82, 2.24) is 0 Å². The number of hydrogen-bond acceptors (Lipinski definition) is 1. The Morgan fingerprint density at radius 2 is 1.89 bits per heavy atom. The smallest absolute Gasteiger partial charge is 0.417 e. The van der Waals surface area contributed by atoms with Crippen molar-refractivity contribution < 1.29 is 34.0 Å². The molecule has 0 amide bonds. The molecule has 1 fully saturated rings. The molecule has 0 aromatic rings. The quantitative estimate of drug-likeness (QED) is 0.406. The van der Waals surface area contributed by atoms with Gasteiger partial charge in [-0.05, 0) is 25.6 Å². The molecule has 1 rings (SSSR count). The summed E-state index contributed by atoms with van der Waals surface area (Å²) >= 11 is 0. The molecule has 1 nitrogen and oxygen atoms in total. The van der Waals surface area contributed by atoms with Crippen LogP contribution in [0.4, 0.5) is 0 Å². The minimum absolute atomic E-state index is 0. The molecule has 0 aliphatic carbocycles. The van der Waals surface area contributed by atoms with E-state index in [0.29, 0.717) is 0 Å². The average Bonchev–Trinajstić information content (AvgIpc) is 1.65. The van der Waals surface area contributed by atoms with Crippen molar-refractivity contribution in [2.24, 2.45) is 0 Å². The van der Waals surface area contributed by atoms with E-state index >= 15 is 0 Å². The Hall–Kier alpha value is 1.18. The normalized spacial score (nSPS) is 24.7. The van der Waals surface area contributed by atoms with E-state index in [1.165, 1.54) is 18.9 Å². The van der Waals surface area contributed by atoms with Crippen LogP contribution in [0.25, 0.3) is 0 Å². The summed E-state index contributed by atoms with van der Waals surface area (Å²) in [5.74, 6) is 0. The largest absolute Gasteiger partial charge is 1.00 e. The van der Waals surface area contributed by atoms with Gasteiger partial charge in [-0.3, -0.25) is 0 Å². The van der Waals surface area contributed by atoms with Crippen molar-refractivity contribution in [3.63, 3.8) is 0 Å². The van der Waals surface area contributed by atoms with Crippen LogP contribution in [0.15, 0.2) is 0 Å². The molecule has 48 valence electrons. The van der Waals surface area contributed by atoms with Crippen molar-refractivity contribution in [3.05, 3.63) is 0 Å². The van der Waals surface area contributed by atoms with E-state index in [0.717, 1.165) is 6.61 Å². The Morgan fingerprint density at radius 1 is 1.22 bits per heavy atom. The third kappa shape index (κ3) is 3.78. The minimum atomic E-state index is -1.09. The van der Waals surface area contributed by atoms with E-state index in [1.54, 1.807) is 0 Å². The zero-order valence-corrected chi connectivity index (χ0v) is 9.74. The Kier molecular flexibility index (Phi) is 4.68. The Labute approximate surface area is 80.6 Å². The van der Waals surface area contributed by atoms with Crippen LogP contribution in [0.1, 0.15) is 12.8 Å². The minimum Gasteiger partial charge on any atom is -0.417 e. The Morgan fingerprint density at radius 3 is 2.11 bits per heavy atom. The molecular formula is C6H14NaOSi+. The van der Waals surface area contributed by atoms with E-state index in [9.17, 15) is 0 Å². The number of rotatable bonds is 0. The molecular weight excluding hydrogens is 139 g/mol. The summed E-state index contributed by atoms with van der Waals surface area (Å²) in [5, 5.41) is 0. The third-order valence-corrected chi connectivity index (χ3v) is 4.21. The maximum absolute atomic E-state index is 5.60. The first-order valence-corrected chi connectivity index (χ1v) is 6.46. The van der Waals surface area contributed by atoms with Gasteiger partial charge in [0, 0.05) is 6.61 Å². The molecule has 0 radical (unpaired) electrons. The molecule has 0 spiro atoms. The summed E-state index contributed by atoms with van der Waals surface area (Å²) in [6.07, 6.45) is 2.69. The van der Waals surface area contributed by atoms with Crippen molar-refractivity contribution in [2.45, 2.75) is 32.0 Å². The van der Waals surface area contributed by atoms with Gasteiger partial charge in [-0.1, -0.05) is 6.42 Å². The van der Waals surface area contributed by atoms with Crippen LogP contribution in [-0.4, -0.2) is 14.9 Å². The van der Waals surface area contributed by atoms with Gasteiger partial charge in [-0.2, -0.15) is 0 Å². The standard InChI is InChI=1S/C6H14OSi.Na/c1-8(2)6-4-3-5-7-8;/h3-6H2,1-2H3;/q;+1. The van der Waals surface area contributed by atoms with Crippen LogP contribution < -0.4 is 29.6 Å². The summed E-state index contributed by atoms with van der Waals surface area (Å²) in [7, 11) is -1.09. The van der Waals surface area contributed by atoms with Crippen molar-refractivity contribution in [3.8, 4) is 0 Å². The first-order valence-electron chi connectivity index (χ1n) is 3.35. The van der Waals surface area contributed by atoms with E-state index in [-0.39, 0.29) is 29.6 Å². The van der Waals surface area contributed by atoms with Gasteiger partial charge in [-0.15, -0.1) is 0 Å². The first-order chi connectivity index (χ1) is 3.71. The molecule has 0 bridgehead atoms. The molecule has 3 heteroatoms. The summed E-state index contributed by atoms with van der Waals surface area (Å²) in [6, 6.07) is 1.37. The first kappa shape index (κ1) is 10.2. The second kappa shape index (κ2) is 4.14. The molecule has 1 heterocycles. The molecule has 0 aromatic heterocycles. The van der Waals surface area contributed by atoms with Crippen LogP contribution in [0, 0.1) is 0 Å². The summed E-state index contributed by atoms with van der Waals surface area (Å²) in [4.78, 5) is 0. The maximum Gasteiger partial charge on any atom is 1.00 e. The van der Waals surface area contributed by atoms with Crippen LogP contribution in [-0.2, 0) is 4.43 Å². The van der Waals surface area contributed by atoms with E-state index in [1.807, 2.05) is 0 Å². The topological polar surface area (TPSA) is 9.23 Å². The average molecular weight is 153 g/mol. The van der Waals surface area contributed by atoms with Crippen molar-refractivity contribution >= 4 is 8.32 Å². The van der Waals surface area contributed by atoms with E-state index < -0.39 is 8.32 Å². The van der Waals surface area contributed by atoms with Gasteiger partial charge in [0.25, 0.3) is 0 Å². The van der Waals surface area contributed by atoms with Gasteiger partial charge < -0.3 is 4.43 Å². The zero-order valence-electron chi connectivity index (χ0n) is 6.74. The second-order valence-electron chi connectivity index (χ2n) is 3.07. The van der Waals surface area contributed by atoms with Crippen molar-refractivity contribution in [2.75, 3.05) is 6.61 Å². The van der Waals surface area contributed by atoms with Crippen LogP contribution in [0.5, 0.6) is 0 Å². The Bertz CT molecular complexity index is 77.1. The van der Waals surface area contributed by atoms with Crippen LogP contribution in [0.2, 0.25) is 19.1 Å². The van der Waals surface area contributed by atoms with E-state index in [2.05, 4.69) is 13.1 Å². The molecule has 9 heavy (non-hydrogen) atoms. The molecule has 0 atom stereocenters. The third-order valence-electron chi connectivity index (χ3n) is 1.67. The predicted molar refractivity (Wildman–Crippen MR) is 37.5 cm³/mol. The fourth-order valence-corrected chi connectivity index (χ4v) is 3.02. The molecule has 1 saturated heterocycles. The predicted octanol–water partition coefficient (Wildman–Crippen LogP) is -0.994. The van der Waals surface area contributed by atoms with Gasteiger partial charge in [-0.25, -0.2) is 0 Å². The molecule has 0 N–H and O–H groups in total. The maximum atomic E-state index is 5.60. The number of hydrogen-bond donors (Lipinski definition) is 0. The fraction of sp³-hybridized carbons (Fsp3) is 1.00. The molecule has 0 unspecified atom stereocenters. The summed E-state index contributed by atoms with van der Waals surface area (Å²) in [5.41, 5.74) is 0. The zero-order chi connectivity index (χ0) is 6.04. The fourth-order valence-electron chi connectivity index (χ4n) is 1.07. The van der Waals surface area contributed by atoms with Gasteiger partial charge in [0.2, 0.25) is 0 Å². The van der Waals surface area contributed by atoms with E-state index in [4.69, 9.17) is 4.43 Å².